The molecule has 0 saturated carbocycles. The van der Waals surface area contributed by atoms with E-state index in [4.69, 9.17) is 15.3 Å². The van der Waals surface area contributed by atoms with E-state index in [1.807, 2.05) is 29.8 Å². The van der Waals surface area contributed by atoms with Crippen molar-refractivity contribution >= 4 is 0 Å². The second kappa shape index (κ2) is 7.05. The number of benzene rings is 1. The summed E-state index contributed by atoms with van der Waals surface area (Å²) in [5, 5.41) is 4.17. The average molecular weight is 291 g/mol. The molecule has 0 saturated heterocycles. The van der Waals surface area contributed by atoms with Crippen molar-refractivity contribution in [3.63, 3.8) is 0 Å². The summed E-state index contributed by atoms with van der Waals surface area (Å²) in [6.45, 7) is 2.80. The van der Waals surface area contributed by atoms with Gasteiger partial charge >= 0.3 is 0 Å². The van der Waals surface area contributed by atoms with Gasteiger partial charge in [-0.25, -0.2) is 4.98 Å². The van der Waals surface area contributed by atoms with Crippen molar-refractivity contribution in [3.05, 3.63) is 35.9 Å². The van der Waals surface area contributed by atoms with Crippen molar-refractivity contribution in [2.24, 2.45) is 5.84 Å². The zero-order valence-electron chi connectivity index (χ0n) is 12.5. The zero-order chi connectivity index (χ0) is 15.2. The minimum Gasteiger partial charge on any atom is -0.493 e. The molecule has 0 aliphatic heterocycles. The smallest absolute Gasteiger partial charge is 0.161 e. The number of ether oxygens (including phenoxy) is 2. The fraction of sp³-hybridized carbons (Fsp3) is 0.429. The first kappa shape index (κ1) is 15.3. The summed E-state index contributed by atoms with van der Waals surface area (Å²) in [6.07, 6.45) is 2.20. The summed E-state index contributed by atoms with van der Waals surface area (Å²) in [6, 6.07) is 5.65. The second-order valence-corrected chi connectivity index (χ2v) is 4.53. The predicted octanol–water partition coefficient (Wildman–Crippen LogP) is 1.06. The van der Waals surface area contributed by atoms with Crippen LogP contribution in [0.1, 0.15) is 24.4 Å². The van der Waals surface area contributed by atoms with Gasteiger partial charge in [0, 0.05) is 13.0 Å². The molecule has 0 fully saturated rings. The van der Waals surface area contributed by atoms with Crippen molar-refractivity contribution in [2.75, 3.05) is 14.2 Å². The molecule has 0 aliphatic rings. The summed E-state index contributed by atoms with van der Waals surface area (Å²) in [4.78, 5) is 4.28. The van der Waals surface area contributed by atoms with Gasteiger partial charge in [0.2, 0.25) is 0 Å². The molecule has 0 radical (unpaired) electrons. The Balaban J connectivity index is 2.25. The molecule has 3 N–H and O–H groups in total. The van der Waals surface area contributed by atoms with Crippen LogP contribution in [0.25, 0.3) is 0 Å². The number of aryl methyl sites for hydroxylation is 1. The van der Waals surface area contributed by atoms with Crippen molar-refractivity contribution in [1.29, 1.82) is 0 Å². The highest BCUT2D eigenvalue weighted by Gasteiger charge is 2.16. The summed E-state index contributed by atoms with van der Waals surface area (Å²) in [5.74, 6) is 7.94. The SMILES string of the molecule is CCn1ncnc1CC(NN)c1ccc(OC)c(OC)c1. The maximum Gasteiger partial charge on any atom is 0.161 e. The number of hydrazine groups is 1. The number of nitrogens with two attached hydrogens (primary N) is 1. The molecule has 0 spiro atoms. The first-order chi connectivity index (χ1) is 10.2. The first-order valence-electron chi connectivity index (χ1n) is 6.78. The highest BCUT2D eigenvalue weighted by molar-refractivity contribution is 5.43. The topological polar surface area (TPSA) is 87.2 Å². The van der Waals surface area contributed by atoms with E-state index in [0.29, 0.717) is 17.9 Å². The molecule has 0 bridgehead atoms. The van der Waals surface area contributed by atoms with Crippen LogP contribution in [0.4, 0.5) is 0 Å². The van der Waals surface area contributed by atoms with E-state index in [1.54, 1.807) is 20.5 Å². The van der Waals surface area contributed by atoms with E-state index in [-0.39, 0.29) is 6.04 Å². The van der Waals surface area contributed by atoms with Crippen LogP contribution in [-0.2, 0) is 13.0 Å². The van der Waals surface area contributed by atoms with Gasteiger partial charge in [-0.3, -0.25) is 16.0 Å². The molecule has 2 rings (SSSR count). The molecule has 1 heterocycles. The average Bonchev–Trinajstić information content (AvgIpc) is 2.99. The Labute approximate surface area is 124 Å². The third-order valence-corrected chi connectivity index (χ3v) is 3.39. The maximum atomic E-state index is 5.70. The fourth-order valence-electron chi connectivity index (χ4n) is 2.24. The Morgan fingerprint density at radius 3 is 2.67 bits per heavy atom. The lowest BCUT2D eigenvalue weighted by atomic mass is 10.0. The molecule has 7 heteroatoms. The third-order valence-electron chi connectivity index (χ3n) is 3.39. The largest absolute Gasteiger partial charge is 0.493 e. The number of nitrogens with zero attached hydrogens (tertiary/aromatic N) is 3. The van der Waals surface area contributed by atoms with E-state index in [0.717, 1.165) is 17.9 Å². The van der Waals surface area contributed by atoms with Gasteiger partial charge in [-0.15, -0.1) is 0 Å². The Morgan fingerprint density at radius 1 is 1.29 bits per heavy atom. The molecular formula is C14H21N5O2. The Kier molecular flexibility index (Phi) is 5.13. The van der Waals surface area contributed by atoms with Crippen molar-refractivity contribution < 1.29 is 9.47 Å². The van der Waals surface area contributed by atoms with Crippen LogP contribution in [0.15, 0.2) is 24.5 Å². The van der Waals surface area contributed by atoms with Crippen LogP contribution in [0.2, 0.25) is 0 Å². The Morgan fingerprint density at radius 2 is 2.05 bits per heavy atom. The van der Waals surface area contributed by atoms with E-state index < -0.39 is 0 Å². The molecule has 7 nitrogen and oxygen atoms in total. The van der Waals surface area contributed by atoms with Crippen molar-refractivity contribution in [3.8, 4) is 11.5 Å². The van der Waals surface area contributed by atoms with Crippen LogP contribution in [0.5, 0.6) is 11.5 Å². The van der Waals surface area contributed by atoms with Crippen LogP contribution >= 0.6 is 0 Å². The standard InChI is InChI=1S/C14H21N5O2/c1-4-19-14(16-9-17-19)8-11(18-15)10-5-6-12(20-2)13(7-10)21-3/h5-7,9,11,18H,4,8,15H2,1-3H3. The third kappa shape index (κ3) is 3.32. The molecule has 1 aromatic heterocycles. The van der Waals surface area contributed by atoms with Gasteiger partial charge in [0.1, 0.15) is 12.2 Å². The molecule has 1 aromatic carbocycles. The molecule has 0 amide bonds. The highest BCUT2D eigenvalue weighted by atomic mass is 16.5. The predicted molar refractivity (Wildman–Crippen MR) is 79.0 cm³/mol. The molecule has 114 valence electrons. The van der Waals surface area contributed by atoms with Gasteiger partial charge < -0.3 is 9.47 Å². The van der Waals surface area contributed by atoms with Gasteiger partial charge in [-0.1, -0.05) is 6.07 Å². The Bertz CT molecular complexity index is 584. The molecular weight excluding hydrogens is 270 g/mol. The number of nitrogens with one attached hydrogen (secondary N) is 1. The zero-order valence-corrected chi connectivity index (χ0v) is 12.5. The lowest BCUT2D eigenvalue weighted by molar-refractivity contribution is 0.353. The quantitative estimate of drug-likeness (QED) is 0.586. The lowest BCUT2D eigenvalue weighted by Gasteiger charge is -2.18. The number of hydrogen-bond acceptors (Lipinski definition) is 6. The Hall–Kier alpha value is -2.12. The lowest BCUT2D eigenvalue weighted by Crippen LogP contribution is -2.30. The van der Waals surface area contributed by atoms with Gasteiger partial charge in [-0.05, 0) is 24.6 Å². The van der Waals surface area contributed by atoms with Crippen LogP contribution in [0.3, 0.4) is 0 Å². The summed E-state index contributed by atoms with van der Waals surface area (Å²) >= 11 is 0. The summed E-state index contributed by atoms with van der Waals surface area (Å²) < 4.78 is 12.4. The van der Waals surface area contributed by atoms with E-state index >= 15 is 0 Å². The number of hydrogen-bond donors (Lipinski definition) is 2. The van der Waals surface area contributed by atoms with Crippen LogP contribution < -0.4 is 20.7 Å². The highest BCUT2D eigenvalue weighted by Crippen LogP contribution is 2.30. The molecule has 1 atom stereocenters. The van der Waals surface area contributed by atoms with Gasteiger partial charge in [0.15, 0.2) is 11.5 Å². The minimum absolute atomic E-state index is 0.0840. The normalized spacial score (nSPS) is 12.2. The van der Waals surface area contributed by atoms with Crippen molar-refractivity contribution in [2.45, 2.75) is 25.9 Å². The summed E-state index contributed by atoms with van der Waals surface area (Å²) in [7, 11) is 3.22. The second-order valence-electron chi connectivity index (χ2n) is 4.53. The molecule has 21 heavy (non-hydrogen) atoms. The van der Waals surface area contributed by atoms with Crippen LogP contribution in [0, 0.1) is 0 Å². The van der Waals surface area contributed by atoms with Gasteiger partial charge in [0.05, 0.1) is 20.3 Å². The number of aromatic nitrogens is 3. The maximum absolute atomic E-state index is 5.70. The van der Waals surface area contributed by atoms with E-state index in [2.05, 4.69) is 15.5 Å². The number of rotatable bonds is 7. The molecule has 2 aromatic rings. The van der Waals surface area contributed by atoms with Crippen LogP contribution in [-0.4, -0.2) is 29.0 Å². The first-order valence-corrected chi connectivity index (χ1v) is 6.78. The van der Waals surface area contributed by atoms with Gasteiger partial charge in [0.25, 0.3) is 0 Å². The summed E-state index contributed by atoms with van der Waals surface area (Å²) in [5.41, 5.74) is 3.82. The van der Waals surface area contributed by atoms with E-state index in [9.17, 15) is 0 Å². The molecule has 1 unspecified atom stereocenters. The molecule has 0 aliphatic carbocycles. The van der Waals surface area contributed by atoms with Gasteiger partial charge in [-0.2, -0.15) is 5.10 Å². The monoisotopic (exact) mass is 291 g/mol. The fourth-order valence-corrected chi connectivity index (χ4v) is 2.24. The van der Waals surface area contributed by atoms with E-state index in [1.165, 1.54) is 0 Å². The minimum atomic E-state index is -0.0840. The number of methoxy groups -OCH3 is 2. The van der Waals surface area contributed by atoms with Crippen molar-refractivity contribution in [1.82, 2.24) is 20.2 Å².